The van der Waals surface area contributed by atoms with Gasteiger partial charge in [0.15, 0.2) is 0 Å². The molecule has 3 unspecified atom stereocenters. The van der Waals surface area contributed by atoms with E-state index in [1.807, 2.05) is 61.5 Å². The zero-order valence-corrected chi connectivity index (χ0v) is 21.2. The SMILES string of the molecule is Cc1ccc(CCC(=O)N2CC(F)CC2C(=O)NC(c2ccccc2)c2ccc(C(C)C)cc2)cn1. The first-order valence-corrected chi connectivity index (χ1v) is 12.6. The van der Waals surface area contributed by atoms with Crippen molar-refractivity contribution in [3.8, 4) is 0 Å². The predicted molar refractivity (Wildman–Crippen MR) is 139 cm³/mol. The molecule has 2 heterocycles. The molecule has 0 bridgehead atoms. The fourth-order valence-corrected chi connectivity index (χ4v) is 4.67. The fourth-order valence-electron chi connectivity index (χ4n) is 4.67. The van der Waals surface area contributed by atoms with Crippen molar-refractivity contribution in [3.63, 3.8) is 0 Å². The number of aromatic nitrogens is 1. The van der Waals surface area contributed by atoms with Gasteiger partial charge in [-0.05, 0) is 47.6 Å². The van der Waals surface area contributed by atoms with E-state index < -0.39 is 18.3 Å². The quantitative estimate of drug-likeness (QED) is 0.470. The first kappa shape index (κ1) is 25.5. The van der Waals surface area contributed by atoms with E-state index in [4.69, 9.17) is 0 Å². The molecule has 4 rings (SSSR count). The molecule has 1 saturated heterocycles. The van der Waals surface area contributed by atoms with E-state index in [0.717, 1.165) is 22.4 Å². The molecule has 188 valence electrons. The number of amides is 2. The van der Waals surface area contributed by atoms with Crippen molar-refractivity contribution in [2.45, 2.75) is 64.2 Å². The standard InChI is InChI=1S/C30H34FN3O2/c1-20(2)23-12-14-25(15-13-23)29(24-7-5-4-6-8-24)33-30(36)27-17-26(31)19-34(27)28(35)16-11-22-10-9-21(3)32-18-22/h4-10,12-15,18,20,26-27,29H,11,16-17,19H2,1-3H3,(H,33,36). The molecule has 1 aromatic heterocycles. The van der Waals surface area contributed by atoms with E-state index in [1.165, 1.54) is 10.5 Å². The third-order valence-corrected chi connectivity index (χ3v) is 6.83. The lowest BCUT2D eigenvalue weighted by molar-refractivity contribution is -0.138. The number of rotatable bonds is 8. The zero-order valence-electron chi connectivity index (χ0n) is 21.2. The Morgan fingerprint density at radius 3 is 2.31 bits per heavy atom. The van der Waals surface area contributed by atoms with Crippen molar-refractivity contribution >= 4 is 11.8 Å². The number of hydrogen-bond acceptors (Lipinski definition) is 3. The van der Waals surface area contributed by atoms with Crippen LogP contribution in [0.4, 0.5) is 4.39 Å². The third kappa shape index (κ3) is 6.17. The average molecular weight is 488 g/mol. The van der Waals surface area contributed by atoms with Gasteiger partial charge in [0.2, 0.25) is 11.8 Å². The number of benzene rings is 2. The number of nitrogens with one attached hydrogen (secondary N) is 1. The molecule has 0 saturated carbocycles. The minimum Gasteiger partial charge on any atom is -0.343 e. The van der Waals surface area contributed by atoms with Gasteiger partial charge in [0.05, 0.1) is 12.6 Å². The van der Waals surface area contributed by atoms with Crippen LogP contribution in [-0.4, -0.2) is 40.5 Å². The average Bonchev–Trinajstić information content (AvgIpc) is 3.29. The first-order chi connectivity index (χ1) is 17.3. The Bertz CT molecular complexity index is 1160. The van der Waals surface area contributed by atoms with Crippen LogP contribution in [0.5, 0.6) is 0 Å². The molecule has 1 aliphatic heterocycles. The molecule has 6 heteroatoms. The lowest BCUT2D eigenvalue weighted by atomic mass is 9.95. The highest BCUT2D eigenvalue weighted by Gasteiger charge is 2.40. The summed E-state index contributed by atoms with van der Waals surface area (Å²) in [5, 5.41) is 3.12. The number of pyridine rings is 1. The predicted octanol–water partition coefficient (Wildman–Crippen LogP) is 5.29. The summed E-state index contributed by atoms with van der Waals surface area (Å²) in [5.74, 6) is -0.144. The van der Waals surface area contributed by atoms with Crippen molar-refractivity contribution < 1.29 is 14.0 Å². The molecule has 1 N–H and O–H groups in total. The molecular weight excluding hydrogens is 453 g/mol. The summed E-state index contributed by atoms with van der Waals surface area (Å²) in [6, 6.07) is 20.5. The van der Waals surface area contributed by atoms with Crippen molar-refractivity contribution in [3.05, 3.63) is 101 Å². The highest BCUT2D eigenvalue weighted by Crippen LogP contribution is 2.27. The minimum absolute atomic E-state index is 0.0114. The summed E-state index contributed by atoms with van der Waals surface area (Å²) in [6.45, 7) is 6.13. The Morgan fingerprint density at radius 1 is 1.00 bits per heavy atom. The maximum atomic E-state index is 14.5. The fraction of sp³-hybridized carbons (Fsp3) is 0.367. The molecule has 1 aliphatic rings. The first-order valence-electron chi connectivity index (χ1n) is 12.6. The van der Waals surface area contributed by atoms with Crippen LogP contribution in [0, 0.1) is 6.92 Å². The summed E-state index contributed by atoms with van der Waals surface area (Å²) < 4.78 is 14.5. The lowest BCUT2D eigenvalue weighted by Crippen LogP contribution is -2.47. The Labute approximate surface area is 212 Å². The summed E-state index contributed by atoms with van der Waals surface area (Å²) in [5.41, 5.74) is 4.95. The van der Waals surface area contributed by atoms with Gasteiger partial charge in [0.25, 0.3) is 0 Å². The second-order valence-electron chi connectivity index (χ2n) is 9.88. The van der Waals surface area contributed by atoms with Crippen LogP contribution in [0.2, 0.25) is 0 Å². The largest absolute Gasteiger partial charge is 0.343 e. The number of likely N-dealkylation sites (tertiary alicyclic amines) is 1. The second-order valence-corrected chi connectivity index (χ2v) is 9.88. The van der Waals surface area contributed by atoms with Crippen LogP contribution in [0.15, 0.2) is 72.9 Å². The van der Waals surface area contributed by atoms with Gasteiger partial charge >= 0.3 is 0 Å². The van der Waals surface area contributed by atoms with Crippen LogP contribution in [0.1, 0.15) is 66.6 Å². The van der Waals surface area contributed by atoms with E-state index in [-0.39, 0.29) is 31.2 Å². The smallest absolute Gasteiger partial charge is 0.243 e. The molecular formula is C30H34FN3O2. The monoisotopic (exact) mass is 487 g/mol. The summed E-state index contributed by atoms with van der Waals surface area (Å²) in [7, 11) is 0. The van der Waals surface area contributed by atoms with Crippen molar-refractivity contribution in [1.82, 2.24) is 15.2 Å². The number of hydrogen-bond donors (Lipinski definition) is 1. The number of halogens is 1. The molecule has 3 aromatic rings. The van der Waals surface area contributed by atoms with Gasteiger partial charge in [-0.15, -0.1) is 0 Å². The van der Waals surface area contributed by atoms with Gasteiger partial charge in [-0.3, -0.25) is 14.6 Å². The van der Waals surface area contributed by atoms with Gasteiger partial charge in [-0.1, -0.05) is 74.5 Å². The second kappa shape index (κ2) is 11.5. The Hall–Kier alpha value is -3.54. The molecule has 0 aliphatic carbocycles. The van der Waals surface area contributed by atoms with Crippen LogP contribution in [-0.2, 0) is 16.0 Å². The third-order valence-electron chi connectivity index (χ3n) is 6.83. The molecule has 3 atom stereocenters. The normalized spacial score (nSPS) is 18.3. The van der Waals surface area contributed by atoms with Gasteiger partial charge in [-0.25, -0.2) is 4.39 Å². The van der Waals surface area contributed by atoms with Gasteiger partial charge < -0.3 is 10.2 Å². The summed E-state index contributed by atoms with van der Waals surface area (Å²) in [4.78, 5) is 32.2. The minimum atomic E-state index is -1.22. The number of carbonyl (C=O) groups is 2. The zero-order chi connectivity index (χ0) is 25.7. The van der Waals surface area contributed by atoms with Gasteiger partial charge in [0.1, 0.15) is 12.2 Å². The Balaban J connectivity index is 1.50. The van der Waals surface area contributed by atoms with E-state index >= 15 is 0 Å². The van der Waals surface area contributed by atoms with Crippen molar-refractivity contribution in [2.75, 3.05) is 6.54 Å². The van der Waals surface area contributed by atoms with Crippen LogP contribution < -0.4 is 5.32 Å². The lowest BCUT2D eigenvalue weighted by Gasteiger charge is -2.27. The maximum Gasteiger partial charge on any atom is 0.243 e. The van der Waals surface area contributed by atoms with Crippen LogP contribution in [0.25, 0.3) is 0 Å². The Morgan fingerprint density at radius 2 is 1.67 bits per heavy atom. The van der Waals surface area contributed by atoms with Crippen molar-refractivity contribution in [1.29, 1.82) is 0 Å². The van der Waals surface area contributed by atoms with Gasteiger partial charge in [0, 0.05) is 24.7 Å². The summed E-state index contributed by atoms with van der Waals surface area (Å²) in [6.07, 6.45) is 1.26. The highest BCUT2D eigenvalue weighted by atomic mass is 19.1. The van der Waals surface area contributed by atoms with E-state index in [1.54, 1.807) is 6.20 Å². The maximum absolute atomic E-state index is 14.5. The number of nitrogens with zero attached hydrogens (tertiary/aromatic N) is 2. The van der Waals surface area contributed by atoms with E-state index in [9.17, 15) is 14.0 Å². The molecule has 5 nitrogen and oxygen atoms in total. The van der Waals surface area contributed by atoms with E-state index in [2.05, 4.69) is 36.3 Å². The van der Waals surface area contributed by atoms with Crippen LogP contribution in [0.3, 0.4) is 0 Å². The molecule has 2 amide bonds. The number of aryl methyl sites for hydroxylation is 2. The molecule has 0 radical (unpaired) electrons. The Kier molecular flexibility index (Phi) is 8.14. The molecule has 2 aromatic carbocycles. The molecule has 36 heavy (non-hydrogen) atoms. The van der Waals surface area contributed by atoms with E-state index in [0.29, 0.717) is 12.3 Å². The van der Waals surface area contributed by atoms with Crippen molar-refractivity contribution in [2.24, 2.45) is 0 Å². The topological polar surface area (TPSA) is 62.3 Å². The molecule has 0 spiro atoms. The number of alkyl halides is 1. The highest BCUT2D eigenvalue weighted by molar-refractivity contribution is 5.89. The summed E-state index contributed by atoms with van der Waals surface area (Å²) >= 11 is 0. The van der Waals surface area contributed by atoms with Crippen LogP contribution >= 0.6 is 0 Å². The van der Waals surface area contributed by atoms with Gasteiger partial charge in [-0.2, -0.15) is 0 Å². The number of carbonyl (C=O) groups excluding carboxylic acids is 2. The molecule has 1 fully saturated rings.